The Morgan fingerprint density at radius 2 is 1.80 bits per heavy atom. The average Bonchev–Trinajstić information content (AvgIpc) is 2.21. The van der Waals surface area contributed by atoms with Gasteiger partial charge in [-0.25, -0.2) is 0 Å². The average molecular weight is 212 g/mol. The summed E-state index contributed by atoms with van der Waals surface area (Å²) < 4.78 is 0. The molecular formula is C13H24O2. The van der Waals surface area contributed by atoms with Gasteiger partial charge in [0.15, 0.2) is 0 Å². The van der Waals surface area contributed by atoms with Crippen molar-refractivity contribution >= 4 is 5.97 Å². The third kappa shape index (κ3) is 8.22. The highest BCUT2D eigenvalue weighted by Crippen LogP contribution is 2.15. The first-order valence-electron chi connectivity index (χ1n) is 6.10. The van der Waals surface area contributed by atoms with E-state index in [-0.39, 0.29) is 5.92 Å². The summed E-state index contributed by atoms with van der Waals surface area (Å²) in [7, 11) is 0. The van der Waals surface area contributed by atoms with Crippen LogP contribution >= 0.6 is 0 Å². The quantitative estimate of drug-likeness (QED) is 0.463. The molecule has 0 fully saturated rings. The molecular weight excluding hydrogens is 188 g/mol. The smallest absolute Gasteiger partial charge is 0.306 e. The van der Waals surface area contributed by atoms with E-state index in [0.717, 1.165) is 38.5 Å². The van der Waals surface area contributed by atoms with Crippen molar-refractivity contribution in [2.45, 2.75) is 58.8 Å². The molecule has 1 N–H and O–H groups in total. The van der Waals surface area contributed by atoms with E-state index >= 15 is 0 Å². The molecule has 1 unspecified atom stereocenters. The van der Waals surface area contributed by atoms with Gasteiger partial charge in [-0.05, 0) is 32.1 Å². The fraction of sp³-hybridized carbons (Fsp3) is 0.769. The lowest BCUT2D eigenvalue weighted by Gasteiger charge is -2.09. The highest BCUT2D eigenvalue weighted by Gasteiger charge is 2.14. The molecule has 15 heavy (non-hydrogen) atoms. The molecule has 0 aliphatic rings. The minimum absolute atomic E-state index is 0.130. The second kappa shape index (κ2) is 9.75. The van der Waals surface area contributed by atoms with Crippen LogP contribution in [0.15, 0.2) is 12.2 Å². The minimum atomic E-state index is -0.630. The van der Waals surface area contributed by atoms with E-state index in [1.807, 2.05) is 6.92 Å². The lowest BCUT2D eigenvalue weighted by atomic mass is 9.97. The highest BCUT2D eigenvalue weighted by atomic mass is 16.4. The van der Waals surface area contributed by atoms with Crippen molar-refractivity contribution in [1.29, 1.82) is 0 Å². The molecule has 0 radical (unpaired) electrons. The Bertz CT molecular complexity index is 185. The third-order valence-corrected chi connectivity index (χ3v) is 2.53. The number of aliphatic carboxylic acids is 1. The minimum Gasteiger partial charge on any atom is -0.481 e. The summed E-state index contributed by atoms with van der Waals surface area (Å²) in [6, 6.07) is 0. The van der Waals surface area contributed by atoms with Gasteiger partial charge < -0.3 is 5.11 Å². The van der Waals surface area contributed by atoms with Crippen molar-refractivity contribution < 1.29 is 9.90 Å². The van der Waals surface area contributed by atoms with E-state index in [4.69, 9.17) is 5.11 Å². The summed E-state index contributed by atoms with van der Waals surface area (Å²) in [5.74, 6) is -0.760. The van der Waals surface area contributed by atoms with Crippen LogP contribution in [-0.2, 0) is 4.79 Å². The molecule has 1 atom stereocenters. The number of allylic oxidation sites excluding steroid dienone is 2. The first-order valence-corrected chi connectivity index (χ1v) is 6.10. The molecule has 0 spiro atoms. The zero-order valence-corrected chi connectivity index (χ0v) is 10.0. The molecule has 0 bridgehead atoms. The van der Waals surface area contributed by atoms with Crippen LogP contribution in [0.4, 0.5) is 0 Å². The van der Waals surface area contributed by atoms with Gasteiger partial charge in [0.25, 0.3) is 0 Å². The number of carboxylic acid groups (broad SMARTS) is 1. The maximum Gasteiger partial charge on any atom is 0.306 e. The second-order valence-electron chi connectivity index (χ2n) is 4.01. The molecule has 0 rings (SSSR count). The molecule has 0 aromatic carbocycles. The molecule has 0 aliphatic heterocycles. The van der Waals surface area contributed by atoms with Gasteiger partial charge in [0.05, 0.1) is 5.92 Å². The standard InChI is InChI=1S/C13H24O2/c1-3-5-6-7-8-9-11-12(10-4-2)13(14)15/h6-7,12H,3-5,8-11H2,1-2H3,(H,14,15). The normalized spacial score (nSPS) is 13.2. The Kier molecular flexibility index (Phi) is 9.24. The van der Waals surface area contributed by atoms with Crippen LogP contribution in [0.25, 0.3) is 0 Å². The predicted molar refractivity (Wildman–Crippen MR) is 63.9 cm³/mol. The highest BCUT2D eigenvalue weighted by molar-refractivity contribution is 5.69. The lowest BCUT2D eigenvalue weighted by Crippen LogP contribution is -2.13. The van der Waals surface area contributed by atoms with Crippen molar-refractivity contribution in [3.8, 4) is 0 Å². The molecule has 0 amide bonds. The molecule has 0 aromatic rings. The maximum absolute atomic E-state index is 10.8. The fourth-order valence-corrected chi connectivity index (χ4v) is 1.62. The Morgan fingerprint density at radius 1 is 1.13 bits per heavy atom. The van der Waals surface area contributed by atoms with E-state index in [0.29, 0.717) is 0 Å². The van der Waals surface area contributed by atoms with Crippen molar-refractivity contribution in [2.24, 2.45) is 5.92 Å². The van der Waals surface area contributed by atoms with Gasteiger partial charge in [-0.15, -0.1) is 0 Å². The van der Waals surface area contributed by atoms with E-state index in [9.17, 15) is 4.79 Å². The van der Waals surface area contributed by atoms with Crippen molar-refractivity contribution in [3.63, 3.8) is 0 Å². The Morgan fingerprint density at radius 3 is 2.33 bits per heavy atom. The van der Waals surface area contributed by atoms with Crippen molar-refractivity contribution in [1.82, 2.24) is 0 Å². The van der Waals surface area contributed by atoms with Crippen LogP contribution in [0.2, 0.25) is 0 Å². The van der Waals surface area contributed by atoms with Gasteiger partial charge in [0.1, 0.15) is 0 Å². The second-order valence-corrected chi connectivity index (χ2v) is 4.01. The van der Waals surface area contributed by atoms with Crippen LogP contribution in [0.5, 0.6) is 0 Å². The van der Waals surface area contributed by atoms with Crippen LogP contribution in [0, 0.1) is 5.92 Å². The number of unbranched alkanes of at least 4 members (excludes halogenated alkanes) is 2. The molecule has 88 valence electrons. The molecule has 0 saturated carbocycles. The van der Waals surface area contributed by atoms with E-state index in [1.165, 1.54) is 6.42 Å². The largest absolute Gasteiger partial charge is 0.481 e. The SMILES string of the molecule is CCCC=CCCCC(CCC)C(=O)O. The molecule has 0 aromatic heterocycles. The van der Waals surface area contributed by atoms with Gasteiger partial charge in [-0.2, -0.15) is 0 Å². The number of hydrogen-bond acceptors (Lipinski definition) is 1. The van der Waals surface area contributed by atoms with Gasteiger partial charge >= 0.3 is 5.97 Å². The van der Waals surface area contributed by atoms with E-state index in [1.54, 1.807) is 0 Å². The molecule has 0 heterocycles. The zero-order chi connectivity index (χ0) is 11.5. The number of carbonyl (C=O) groups is 1. The predicted octanol–water partition coefficient (Wildman–Crippen LogP) is 4.01. The molecule has 2 heteroatoms. The number of hydrogen-bond donors (Lipinski definition) is 1. The van der Waals surface area contributed by atoms with Gasteiger partial charge in [0, 0.05) is 0 Å². The summed E-state index contributed by atoms with van der Waals surface area (Å²) in [6.45, 7) is 4.20. The first kappa shape index (κ1) is 14.2. The number of carboxylic acids is 1. The van der Waals surface area contributed by atoms with E-state index < -0.39 is 5.97 Å². The Balaban J connectivity index is 3.57. The van der Waals surface area contributed by atoms with E-state index in [2.05, 4.69) is 19.1 Å². The molecule has 0 aliphatic carbocycles. The van der Waals surface area contributed by atoms with Crippen LogP contribution in [0.1, 0.15) is 58.8 Å². The van der Waals surface area contributed by atoms with Crippen molar-refractivity contribution in [2.75, 3.05) is 0 Å². The summed E-state index contributed by atoms with van der Waals surface area (Å²) in [5.41, 5.74) is 0. The maximum atomic E-state index is 10.8. The third-order valence-electron chi connectivity index (χ3n) is 2.53. The number of rotatable bonds is 9. The lowest BCUT2D eigenvalue weighted by molar-refractivity contribution is -0.142. The monoisotopic (exact) mass is 212 g/mol. The summed E-state index contributed by atoms with van der Waals surface area (Å²) in [4.78, 5) is 10.8. The van der Waals surface area contributed by atoms with Crippen molar-refractivity contribution in [3.05, 3.63) is 12.2 Å². The van der Waals surface area contributed by atoms with Crippen LogP contribution in [0.3, 0.4) is 0 Å². The van der Waals surface area contributed by atoms with Crippen LogP contribution < -0.4 is 0 Å². The van der Waals surface area contributed by atoms with Gasteiger partial charge in [-0.3, -0.25) is 4.79 Å². The summed E-state index contributed by atoms with van der Waals surface area (Å²) >= 11 is 0. The zero-order valence-electron chi connectivity index (χ0n) is 10.0. The molecule has 2 nitrogen and oxygen atoms in total. The Hall–Kier alpha value is -0.790. The Labute approximate surface area is 93.4 Å². The van der Waals surface area contributed by atoms with Gasteiger partial charge in [-0.1, -0.05) is 38.8 Å². The summed E-state index contributed by atoms with van der Waals surface area (Å²) in [5, 5.41) is 8.93. The molecule has 0 saturated heterocycles. The topological polar surface area (TPSA) is 37.3 Å². The fourth-order valence-electron chi connectivity index (χ4n) is 1.62. The van der Waals surface area contributed by atoms with Gasteiger partial charge in [0.2, 0.25) is 0 Å². The first-order chi connectivity index (χ1) is 7.22. The summed E-state index contributed by atoms with van der Waals surface area (Å²) in [6.07, 6.45) is 11.3. The van der Waals surface area contributed by atoms with Crippen LogP contribution in [-0.4, -0.2) is 11.1 Å².